The van der Waals surface area contributed by atoms with Crippen molar-refractivity contribution in [1.29, 1.82) is 0 Å². The van der Waals surface area contributed by atoms with Crippen LogP contribution < -0.4 is 15.5 Å². The number of hydrogen-bond donors (Lipinski definition) is 3. The third-order valence-corrected chi connectivity index (χ3v) is 6.17. The summed E-state index contributed by atoms with van der Waals surface area (Å²) in [7, 11) is 0. The molecule has 2 aliphatic rings. The molecule has 3 N–H and O–H groups in total. The molecule has 3 aromatic heterocycles. The van der Waals surface area contributed by atoms with Crippen molar-refractivity contribution in [2.45, 2.75) is 25.7 Å². The van der Waals surface area contributed by atoms with Gasteiger partial charge in [0.15, 0.2) is 5.82 Å². The Kier molecular flexibility index (Phi) is 6.82. The standard InChI is InChI=1S/C25H29N7O3/c1-16-20(18-4-5-26-23(13-18)27-6-9-33)14-22(24(29-16)32-7-10-35-11-8-32)30-25(34)19-12-21(17-2-3-17)31-28-15-19/h4-5,12-15,17,33H,2-3,6-11H2,1H3,(H,26,27)(H,30,34). The highest BCUT2D eigenvalue weighted by molar-refractivity contribution is 6.06. The molecule has 0 unspecified atom stereocenters. The molecule has 0 radical (unpaired) electrons. The Morgan fingerprint density at radius 2 is 2.06 bits per heavy atom. The number of pyridine rings is 2. The van der Waals surface area contributed by atoms with E-state index in [1.54, 1.807) is 6.20 Å². The summed E-state index contributed by atoms with van der Waals surface area (Å²) in [6.07, 6.45) is 5.39. The van der Waals surface area contributed by atoms with E-state index in [2.05, 4.69) is 30.7 Å². The number of nitrogens with zero attached hydrogens (tertiary/aromatic N) is 5. The first-order valence-corrected chi connectivity index (χ1v) is 11.9. The van der Waals surface area contributed by atoms with Crippen LogP contribution in [0.3, 0.4) is 0 Å². The number of nitrogens with one attached hydrogen (secondary N) is 2. The SMILES string of the molecule is Cc1nc(N2CCOCC2)c(NC(=O)c2cnnc(C3CC3)c2)cc1-c1ccnc(NCCO)c1. The van der Waals surface area contributed by atoms with Crippen molar-refractivity contribution < 1.29 is 14.6 Å². The van der Waals surface area contributed by atoms with Gasteiger partial charge in [0.05, 0.1) is 43.0 Å². The second-order valence-corrected chi connectivity index (χ2v) is 8.77. The van der Waals surface area contributed by atoms with Crippen molar-refractivity contribution in [2.24, 2.45) is 0 Å². The second-order valence-electron chi connectivity index (χ2n) is 8.77. The Balaban J connectivity index is 1.50. The summed E-state index contributed by atoms with van der Waals surface area (Å²) < 4.78 is 5.52. The summed E-state index contributed by atoms with van der Waals surface area (Å²) in [5.74, 6) is 1.55. The first kappa shape index (κ1) is 23.1. The van der Waals surface area contributed by atoms with Gasteiger partial charge < -0.3 is 25.4 Å². The summed E-state index contributed by atoms with van der Waals surface area (Å²) in [6.45, 7) is 5.00. The molecule has 0 aromatic carbocycles. The van der Waals surface area contributed by atoms with E-state index in [4.69, 9.17) is 14.8 Å². The van der Waals surface area contributed by atoms with Crippen LogP contribution in [0.4, 0.5) is 17.3 Å². The van der Waals surface area contributed by atoms with E-state index in [-0.39, 0.29) is 12.5 Å². The first-order valence-electron chi connectivity index (χ1n) is 11.9. The highest BCUT2D eigenvalue weighted by Crippen LogP contribution is 2.39. The van der Waals surface area contributed by atoms with Crippen molar-refractivity contribution in [2.75, 3.05) is 55.0 Å². The highest BCUT2D eigenvalue weighted by atomic mass is 16.5. The van der Waals surface area contributed by atoms with Gasteiger partial charge in [0.2, 0.25) is 0 Å². The number of carbonyl (C=O) groups is 1. The van der Waals surface area contributed by atoms with Crippen LogP contribution >= 0.6 is 0 Å². The number of hydrogen-bond acceptors (Lipinski definition) is 9. The Bertz CT molecular complexity index is 1210. The van der Waals surface area contributed by atoms with Crippen molar-refractivity contribution in [3.05, 3.63) is 53.6 Å². The maximum absolute atomic E-state index is 13.3. The molecule has 10 heteroatoms. The monoisotopic (exact) mass is 475 g/mol. The van der Waals surface area contributed by atoms with E-state index in [0.717, 1.165) is 41.2 Å². The summed E-state index contributed by atoms with van der Waals surface area (Å²) >= 11 is 0. The van der Waals surface area contributed by atoms with E-state index in [9.17, 15) is 4.79 Å². The quantitative estimate of drug-likeness (QED) is 0.451. The molecule has 5 rings (SSSR count). The lowest BCUT2D eigenvalue weighted by Gasteiger charge is -2.30. The molecule has 1 aliphatic heterocycles. The molecule has 3 aromatic rings. The van der Waals surface area contributed by atoms with E-state index in [0.29, 0.717) is 55.8 Å². The summed E-state index contributed by atoms with van der Waals surface area (Å²) in [5.41, 5.74) is 4.62. The number of morpholine rings is 1. The summed E-state index contributed by atoms with van der Waals surface area (Å²) in [6, 6.07) is 7.61. The number of aliphatic hydroxyl groups is 1. The maximum atomic E-state index is 13.3. The fraction of sp³-hybridized carbons (Fsp3) is 0.400. The van der Waals surface area contributed by atoms with Gasteiger partial charge in [-0.05, 0) is 49.6 Å². The van der Waals surface area contributed by atoms with Gasteiger partial charge in [0, 0.05) is 43.0 Å². The van der Waals surface area contributed by atoms with Crippen LogP contribution in [0.5, 0.6) is 0 Å². The summed E-state index contributed by atoms with van der Waals surface area (Å²) in [4.78, 5) is 24.6. The largest absolute Gasteiger partial charge is 0.395 e. The summed E-state index contributed by atoms with van der Waals surface area (Å²) in [5, 5.41) is 23.5. The number of aliphatic hydroxyl groups excluding tert-OH is 1. The van der Waals surface area contributed by atoms with Crippen LogP contribution in [0.2, 0.25) is 0 Å². The van der Waals surface area contributed by atoms with E-state index < -0.39 is 0 Å². The molecule has 0 spiro atoms. The van der Waals surface area contributed by atoms with Crippen LogP contribution in [0.15, 0.2) is 36.7 Å². The minimum atomic E-state index is -0.243. The van der Waals surface area contributed by atoms with Crippen LogP contribution in [-0.2, 0) is 4.74 Å². The number of ether oxygens (including phenoxy) is 1. The molecule has 1 saturated carbocycles. The first-order chi connectivity index (χ1) is 17.1. The lowest BCUT2D eigenvalue weighted by Crippen LogP contribution is -2.37. The number of amides is 1. The van der Waals surface area contributed by atoms with Crippen molar-refractivity contribution >= 4 is 23.2 Å². The van der Waals surface area contributed by atoms with Crippen LogP contribution in [0.1, 0.15) is 40.5 Å². The normalized spacial score (nSPS) is 15.7. The third-order valence-electron chi connectivity index (χ3n) is 6.17. The molecule has 10 nitrogen and oxygen atoms in total. The average Bonchev–Trinajstić information content (AvgIpc) is 3.75. The minimum absolute atomic E-state index is 0.0171. The Morgan fingerprint density at radius 1 is 1.23 bits per heavy atom. The Morgan fingerprint density at radius 3 is 2.83 bits per heavy atom. The van der Waals surface area contributed by atoms with Gasteiger partial charge in [-0.2, -0.15) is 10.2 Å². The average molecular weight is 476 g/mol. The lowest BCUT2D eigenvalue weighted by atomic mass is 10.0. The van der Waals surface area contributed by atoms with E-state index >= 15 is 0 Å². The highest BCUT2D eigenvalue weighted by Gasteiger charge is 2.27. The Hall–Kier alpha value is -3.63. The zero-order valence-corrected chi connectivity index (χ0v) is 19.7. The number of aromatic nitrogens is 4. The van der Waals surface area contributed by atoms with Gasteiger partial charge in [-0.25, -0.2) is 9.97 Å². The molecular weight excluding hydrogens is 446 g/mol. The Labute approximate surface area is 203 Å². The predicted octanol–water partition coefficient (Wildman–Crippen LogP) is 2.61. The molecule has 1 saturated heterocycles. The minimum Gasteiger partial charge on any atom is -0.395 e. The molecule has 4 heterocycles. The smallest absolute Gasteiger partial charge is 0.257 e. The lowest BCUT2D eigenvalue weighted by molar-refractivity contribution is 0.102. The maximum Gasteiger partial charge on any atom is 0.257 e. The van der Waals surface area contributed by atoms with Crippen LogP contribution in [0, 0.1) is 6.92 Å². The molecule has 35 heavy (non-hydrogen) atoms. The van der Waals surface area contributed by atoms with Gasteiger partial charge in [-0.3, -0.25) is 4.79 Å². The van der Waals surface area contributed by atoms with E-state index in [1.165, 1.54) is 6.20 Å². The molecule has 182 valence electrons. The van der Waals surface area contributed by atoms with Crippen molar-refractivity contribution in [1.82, 2.24) is 20.2 Å². The zero-order valence-electron chi connectivity index (χ0n) is 19.7. The second kappa shape index (κ2) is 10.3. The molecule has 0 bridgehead atoms. The number of aryl methyl sites for hydroxylation is 1. The molecule has 1 aliphatic carbocycles. The van der Waals surface area contributed by atoms with Crippen LogP contribution in [-0.4, -0.2) is 70.6 Å². The number of rotatable bonds is 8. The number of anilines is 3. The zero-order chi connectivity index (χ0) is 24.2. The van der Waals surface area contributed by atoms with Crippen molar-refractivity contribution in [3.63, 3.8) is 0 Å². The molecule has 0 atom stereocenters. The van der Waals surface area contributed by atoms with Crippen LogP contribution in [0.25, 0.3) is 11.1 Å². The molecular formula is C25H29N7O3. The van der Waals surface area contributed by atoms with Crippen molar-refractivity contribution in [3.8, 4) is 11.1 Å². The van der Waals surface area contributed by atoms with Gasteiger partial charge in [0.25, 0.3) is 5.91 Å². The predicted molar refractivity (Wildman–Crippen MR) is 133 cm³/mol. The van der Waals surface area contributed by atoms with Gasteiger partial charge in [0.1, 0.15) is 5.82 Å². The number of carbonyl (C=O) groups excluding carboxylic acids is 1. The van der Waals surface area contributed by atoms with Gasteiger partial charge >= 0.3 is 0 Å². The van der Waals surface area contributed by atoms with Gasteiger partial charge in [-0.1, -0.05) is 0 Å². The van der Waals surface area contributed by atoms with E-state index in [1.807, 2.05) is 31.2 Å². The third kappa shape index (κ3) is 5.39. The molecule has 2 fully saturated rings. The fourth-order valence-corrected chi connectivity index (χ4v) is 4.15. The topological polar surface area (TPSA) is 125 Å². The molecule has 1 amide bonds. The fourth-order valence-electron chi connectivity index (χ4n) is 4.15. The van der Waals surface area contributed by atoms with Gasteiger partial charge in [-0.15, -0.1) is 0 Å².